The van der Waals surface area contributed by atoms with Crippen LogP contribution in [-0.2, 0) is 4.79 Å². The van der Waals surface area contributed by atoms with Crippen LogP contribution in [0.1, 0.15) is 12.8 Å². The maximum atomic E-state index is 11.6. The SMILES string of the molecule is O=C(CSc1nnc(-c2ccc3c(c2)OCO3)o1)NC1CC1. The van der Waals surface area contributed by atoms with Crippen molar-refractivity contribution in [1.82, 2.24) is 15.5 Å². The highest BCUT2D eigenvalue weighted by molar-refractivity contribution is 7.99. The number of fused-ring (bicyclic) bond motifs is 1. The topological polar surface area (TPSA) is 86.5 Å². The van der Waals surface area contributed by atoms with Crippen molar-refractivity contribution in [2.45, 2.75) is 24.1 Å². The van der Waals surface area contributed by atoms with E-state index in [1.165, 1.54) is 11.8 Å². The molecule has 8 heteroatoms. The number of nitrogens with zero attached hydrogens (tertiary/aromatic N) is 2. The lowest BCUT2D eigenvalue weighted by atomic mass is 10.2. The van der Waals surface area contributed by atoms with Crippen molar-refractivity contribution in [3.8, 4) is 23.0 Å². The van der Waals surface area contributed by atoms with Gasteiger partial charge in [-0.3, -0.25) is 4.79 Å². The number of nitrogens with one attached hydrogen (secondary N) is 1. The monoisotopic (exact) mass is 319 g/mol. The van der Waals surface area contributed by atoms with E-state index in [2.05, 4.69) is 15.5 Å². The average Bonchev–Trinajstić information content (AvgIpc) is 3.05. The first-order chi connectivity index (χ1) is 10.8. The Morgan fingerprint density at radius 1 is 1.27 bits per heavy atom. The second-order valence-electron chi connectivity index (χ2n) is 5.07. The predicted octanol–water partition coefficient (Wildman–Crippen LogP) is 1.84. The molecule has 0 saturated heterocycles. The zero-order valence-electron chi connectivity index (χ0n) is 11.6. The van der Waals surface area contributed by atoms with Crippen LogP contribution in [0.2, 0.25) is 0 Å². The second-order valence-corrected chi connectivity index (χ2v) is 6.00. The van der Waals surface area contributed by atoms with Gasteiger partial charge in [-0.2, -0.15) is 0 Å². The van der Waals surface area contributed by atoms with Gasteiger partial charge in [-0.25, -0.2) is 0 Å². The molecule has 1 amide bonds. The molecule has 1 aliphatic heterocycles. The number of carbonyl (C=O) groups is 1. The van der Waals surface area contributed by atoms with E-state index in [4.69, 9.17) is 13.9 Å². The van der Waals surface area contributed by atoms with Gasteiger partial charge in [-0.1, -0.05) is 11.8 Å². The number of benzene rings is 1. The van der Waals surface area contributed by atoms with Crippen LogP contribution in [0.3, 0.4) is 0 Å². The molecule has 1 aromatic heterocycles. The molecule has 22 heavy (non-hydrogen) atoms. The quantitative estimate of drug-likeness (QED) is 0.841. The Bertz CT molecular complexity index is 714. The molecule has 4 rings (SSSR count). The van der Waals surface area contributed by atoms with Crippen LogP contribution in [0.25, 0.3) is 11.5 Å². The summed E-state index contributed by atoms with van der Waals surface area (Å²) in [5.74, 6) is 2.03. The summed E-state index contributed by atoms with van der Waals surface area (Å²) in [5, 5.41) is 11.2. The summed E-state index contributed by atoms with van der Waals surface area (Å²) < 4.78 is 16.1. The fraction of sp³-hybridized carbons (Fsp3) is 0.357. The van der Waals surface area contributed by atoms with Crippen molar-refractivity contribution < 1.29 is 18.7 Å². The van der Waals surface area contributed by atoms with Crippen molar-refractivity contribution in [1.29, 1.82) is 0 Å². The van der Waals surface area contributed by atoms with Crippen LogP contribution in [0, 0.1) is 0 Å². The van der Waals surface area contributed by atoms with Gasteiger partial charge in [-0.05, 0) is 31.0 Å². The van der Waals surface area contributed by atoms with Gasteiger partial charge in [0.05, 0.1) is 5.75 Å². The summed E-state index contributed by atoms with van der Waals surface area (Å²) in [6.45, 7) is 0.222. The van der Waals surface area contributed by atoms with Crippen LogP contribution in [0.5, 0.6) is 11.5 Å². The lowest BCUT2D eigenvalue weighted by molar-refractivity contribution is -0.118. The molecule has 0 spiro atoms. The summed E-state index contributed by atoms with van der Waals surface area (Å²) in [5.41, 5.74) is 0.756. The predicted molar refractivity (Wildman–Crippen MR) is 77.7 cm³/mol. The first-order valence-corrected chi connectivity index (χ1v) is 7.92. The Hall–Kier alpha value is -2.22. The van der Waals surface area contributed by atoms with Gasteiger partial charge in [0.15, 0.2) is 11.5 Å². The first-order valence-electron chi connectivity index (χ1n) is 6.93. The maximum absolute atomic E-state index is 11.6. The lowest BCUT2D eigenvalue weighted by Gasteiger charge is -2.00. The molecule has 0 radical (unpaired) electrons. The summed E-state index contributed by atoms with van der Waals surface area (Å²) in [6.07, 6.45) is 2.15. The zero-order chi connectivity index (χ0) is 14.9. The molecule has 2 heterocycles. The van der Waals surface area contributed by atoms with E-state index in [0.29, 0.717) is 28.7 Å². The summed E-state index contributed by atoms with van der Waals surface area (Å²) in [6, 6.07) is 5.79. The third-order valence-electron chi connectivity index (χ3n) is 3.30. The second kappa shape index (κ2) is 5.53. The molecule has 0 atom stereocenters. The Morgan fingerprint density at radius 2 is 2.14 bits per heavy atom. The van der Waals surface area contributed by atoms with Crippen molar-refractivity contribution in [2.75, 3.05) is 12.5 Å². The summed E-state index contributed by atoms with van der Waals surface area (Å²) in [4.78, 5) is 11.6. The Morgan fingerprint density at radius 3 is 3.00 bits per heavy atom. The van der Waals surface area contributed by atoms with Crippen molar-refractivity contribution >= 4 is 17.7 Å². The molecule has 1 aliphatic carbocycles. The normalized spacial score (nSPS) is 15.8. The molecule has 1 N–H and O–H groups in total. The van der Waals surface area contributed by atoms with E-state index >= 15 is 0 Å². The van der Waals surface area contributed by atoms with Crippen molar-refractivity contribution in [3.63, 3.8) is 0 Å². The van der Waals surface area contributed by atoms with Gasteiger partial charge in [0.2, 0.25) is 18.6 Å². The van der Waals surface area contributed by atoms with E-state index in [1.54, 1.807) is 12.1 Å². The molecule has 114 valence electrons. The van der Waals surface area contributed by atoms with Crippen molar-refractivity contribution in [2.24, 2.45) is 0 Å². The average molecular weight is 319 g/mol. The number of thioether (sulfide) groups is 1. The molecule has 1 fully saturated rings. The third-order valence-corrected chi connectivity index (χ3v) is 4.11. The van der Waals surface area contributed by atoms with Gasteiger partial charge in [0.25, 0.3) is 5.22 Å². The Kier molecular flexibility index (Phi) is 3.38. The van der Waals surface area contributed by atoms with Gasteiger partial charge in [0, 0.05) is 11.6 Å². The minimum atomic E-state index is -0.00432. The smallest absolute Gasteiger partial charge is 0.277 e. The van der Waals surface area contributed by atoms with E-state index in [1.807, 2.05) is 6.07 Å². The van der Waals surface area contributed by atoms with E-state index in [9.17, 15) is 4.79 Å². The summed E-state index contributed by atoms with van der Waals surface area (Å²) >= 11 is 1.23. The van der Waals surface area contributed by atoms with Crippen LogP contribution in [0.4, 0.5) is 0 Å². The molecule has 0 unspecified atom stereocenters. The number of ether oxygens (including phenoxy) is 2. The standard InChI is InChI=1S/C14H13N3O4S/c18-12(15-9-2-3-9)6-22-14-17-16-13(21-14)8-1-4-10-11(5-8)20-7-19-10/h1,4-5,9H,2-3,6-7H2,(H,15,18). The molecule has 7 nitrogen and oxygen atoms in total. The minimum Gasteiger partial charge on any atom is -0.454 e. The largest absolute Gasteiger partial charge is 0.454 e. The Labute approximate surface area is 130 Å². The highest BCUT2D eigenvalue weighted by Gasteiger charge is 2.23. The number of carbonyl (C=O) groups excluding carboxylic acids is 1. The highest BCUT2D eigenvalue weighted by atomic mass is 32.2. The number of hydrogen-bond acceptors (Lipinski definition) is 7. The molecular formula is C14H13N3O4S. The van der Waals surface area contributed by atoms with Gasteiger partial charge in [-0.15, -0.1) is 10.2 Å². The van der Waals surface area contributed by atoms with Gasteiger partial charge in [0.1, 0.15) is 0 Å². The van der Waals surface area contributed by atoms with Gasteiger partial charge < -0.3 is 19.2 Å². The number of hydrogen-bond donors (Lipinski definition) is 1. The molecular weight excluding hydrogens is 306 g/mol. The van der Waals surface area contributed by atoms with Crippen LogP contribution >= 0.6 is 11.8 Å². The fourth-order valence-electron chi connectivity index (χ4n) is 2.04. The molecule has 0 bridgehead atoms. The molecule has 2 aromatic rings. The van der Waals surface area contributed by atoms with Crippen molar-refractivity contribution in [3.05, 3.63) is 18.2 Å². The van der Waals surface area contributed by atoms with E-state index in [-0.39, 0.29) is 18.5 Å². The van der Waals surface area contributed by atoms with Crippen LogP contribution in [0.15, 0.2) is 27.8 Å². The van der Waals surface area contributed by atoms with Crippen LogP contribution in [-0.4, -0.2) is 34.7 Å². The molecule has 1 saturated carbocycles. The summed E-state index contributed by atoms with van der Waals surface area (Å²) in [7, 11) is 0. The first kappa shape index (κ1) is 13.4. The van der Waals surface area contributed by atoms with Gasteiger partial charge >= 0.3 is 0 Å². The molecule has 1 aromatic carbocycles. The number of rotatable bonds is 5. The number of amides is 1. The molecule has 2 aliphatic rings. The van der Waals surface area contributed by atoms with Crippen LogP contribution < -0.4 is 14.8 Å². The third kappa shape index (κ3) is 2.87. The minimum absolute atomic E-state index is 0.00432. The zero-order valence-corrected chi connectivity index (χ0v) is 12.4. The lowest BCUT2D eigenvalue weighted by Crippen LogP contribution is -2.26. The van der Waals surface area contributed by atoms with E-state index < -0.39 is 0 Å². The fourth-order valence-corrected chi connectivity index (χ4v) is 2.61. The Balaban J connectivity index is 1.41. The van der Waals surface area contributed by atoms with E-state index in [0.717, 1.165) is 18.4 Å². The maximum Gasteiger partial charge on any atom is 0.277 e. The number of aromatic nitrogens is 2. The highest BCUT2D eigenvalue weighted by Crippen LogP contribution is 2.36.